The molecule has 1 aliphatic heterocycles. The van der Waals surface area contributed by atoms with E-state index < -0.39 is 32.6 Å². The van der Waals surface area contributed by atoms with Crippen LogP contribution < -0.4 is 28.4 Å². The normalized spacial score (nSPS) is 11.6. The third kappa shape index (κ3) is 66.2. The average Bonchev–Trinajstić information content (AvgIpc) is 1.72. The van der Waals surface area contributed by atoms with Gasteiger partial charge in [0.25, 0.3) is 0 Å². The van der Waals surface area contributed by atoms with Gasteiger partial charge in [0, 0.05) is 110 Å². The molecule has 0 atom stereocenters. The molecular weight excluding hydrogens is 3590 g/mol. The molecule has 1 aliphatic rings. The first-order chi connectivity index (χ1) is 49.3. The largest absolute Gasteiger partial charge is 0 e. The summed E-state index contributed by atoms with van der Waals surface area (Å²) in [5, 5.41) is 4.10. The van der Waals surface area contributed by atoms with Crippen LogP contribution in [0.25, 0.3) is 33.1 Å². The van der Waals surface area contributed by atoms with Crippen molar-refractivity contribution in [3.63, 3.8) is 0 Å². The number of fused-ring (bicyclic) bond motifs is 3. The second kappa shape index (κ2) is 78.2. The van der Waals surface area contributed by atoms with Crippen LogP contribution in [0.5, 0.6) is 0 Å². The van der Waals surface area contributed by atoms with Gasteiger partial charge in [-0.15, -0.1) is 0 Å². The molecule has 0 unspecified atom stereocenters. The molecule has 0 spiro atoms. The van der Waals surface area contributed by atoms with Crippen LogP contribution in [0.3, 0.4) is 0 Å². The van der Waals surface area contributed by atoms with Crippen molar-refractivity contribution in [3.8, 4) is 0 Å². The fourth-order valence-electron chi connectivity index (χ4n) is 6.85. The molecule has 9 aromatic rings. The summed E-state index contributed by atoms with van der Waals surface area (Å²) >= 11 is 41.4. The van der Waals surface area contributed by atoms with E-state index in [1.807, 2.05) is 191 Å². The molecule has 608 valence electrons. The summed E-state index contributed by atoms with van der Waals surface area (Å²) in [5.74, 6) is 0. The van der Waals surface area contributed by atoms with E-state index in [0.717, 1.165) is 61.7 Å². The predicted molar refractivity (Wildman–Crippen MR) is 556 cm³/mol. The molecule has 108 heavy (non-hydrogen) atoms. The standard InChI is InChI=1S/C18H20ClN3OSi.C18H21N3OSi.C14H10ClN3.C6H13BO2.C4H11OSi.3C2H6.2CH3.I3.10HI.4V.3W/c1-24(2,3)23-13-22(14-7-5-4-6-8-14)15-9-10-16-17(11-15)21-18(19)12-20-16;1-23(2,3)22-14-21(15-7-5-4-6-8-15)16-9-10-17-18(13-16)20-12-11-19-17;15-14-9-16-12-7-6-11(8-13(12)18-14)17-10-4-2-1-3-5-10;1-5(2)6(3,4)9-7-8-5;1-5-6(2,3)4;3*1-2;;;1-3-2;;;;;;;;;;;;;;;;;/h4-12H,13H2,1-3H3;4-13H,14H2,1-3H3;1-9,17H;7H,1-4H3;1H2,2-4H3;3*1-2H3;2*1H3;;10*1H;;;;;;;/q;;;;-1;;;;3*-1;;;;;;;;;;;2*+2;2*+3;;;/p-10/i;12D;;7D;;;;;;;;;;;;;;;;;;;;;;;;. The van der Waals surface area contributed by atoms with Gasteiger partial charge in [-0.1, -0.05) is 119 Å². The summed E-state index contributed by atoms with van der Waals surface area (Å²) in [4.78, 5) is 29.3. The molecule has 6 aromatic carbocycles. The van der Waals surface area contributed by atoms with Crippen LogP contribution in [-0.2, 0) is 115 Å². The molecule has 14 nitrogen and oxygen atoms in total. The third-order valence-electron chi connectivity index (χ3n) is 12.1. The van der Waals surface area contributed by atoms with Gasteiger partial charge in [-0.3, -0.25) is 19.9 Å². The number of para-hydroxylation sites is 3. The SMILES string of the molecule is CC.CC.CC.C[Si](C)(C)OCN(c1ccccc1)c1ccc2ncc(Cl)nc2c1.Clc1cnc2ccc(Nc3ccccc3)cc2n1.I[I-]I.[2H]B1OC(C)(C)C(C)(C)O1.[2H]c1cnc2ccc(N(CO[Si](C)(C)C)c3ccccc3)cc2n1.[CH2-]O[Si](C)(C)C.[CH3-].[CH3-].[I][V]([I])[I].[I][V]([I])[I].[I][V][I].[I][V][I].[W].[W].[W]. The van der Waals surface area contributed by atoms with Crippen LogP contribution in [0, 0.1) is 22.0 Å². The number of aromatic nitrogens is 6. The Bertz CT molecular complexity index is 3560. The van der Waals surface area contributed by atoms with E-state index >= 15 is 0 Å². The summed E-state index contributed by atoms with van der Waals surface area (Å²) in [6.07, 6.45) is 4.75. The second-order valence-electron chi connectivity index (χ2n) is 22.9. The predicted octanol–water partition coefficient (Wildman–Crippen LogP) is 27.9. The van der Waals surface area contributed by atoms with Crippen molar-refractivity contribution in [2.45, 2.75) is 139 Å². The van der Waals surface area contributed by atoms with Gasteiger partial charge in [0.2, 0.25) is 0 Å². The van der Waals surface area contributed by atoms with E-state index in [1.54, 1.807) is 12.4 Å². The quantitative estimate of drug-likeness (QED) is 0.0506. The molecule has 0 aliphatic carbocycles. The molecule has 0 amide bonds. The summed E-state index contributed by atoms with van der Waals surface area (Å²) in [6, 6.07) is 48.0. The minimum absolute atomic E-state index is 0. The van der Waals surface area contributed by atoms with Crippen molar-refractivity contribution >= 4 is 360 Å². The average molecular weight is 3700 g/mol. The van der Waals surface area contributed by atoms with Crippen molar-refractivity contribution < 1.29 is 129 Å². The van der Waals surface area contributed by atoms with E-state index in [4.69, 9.17) is 48.5 Å². The van der Waals surface area contributed by atoms with Crippen molar-refractivity contribution in [1.82, 2.24) is 29.9 Å². The van der Waals surface area contributed by atoms with E-state index in [-0.39, 0.29) is 105 Å². The smallest absolute Gasteiger partial charge is 0 e. The molecule has 4 heterocycles. The number of nitrogens with zero attached hydrogens (tertiary/aromatic N) is 8. The Hall–Kier alpha value is 7.73. The first-order valence-electron chi connectivity index (χ1n) is 32.2. The third-order valence-corrected chi connectivity index (χ3v) is 15.3. The van der Waals surface area contributed by atoms with Crippen LogP contribution in [0.1, 0.15) is 70.6 Å². The second-order valence-corrected chi connectivity index (χ2v) is 148. The number of anilines is 6. The zero-order chi connectivity index (χ0) is 81.2. The summed E-state index contributed by atoms with van der Waals surface area (Å²) < 4.78 is 42.4. The number of hydrogen-bond donors (Lipinski definition) is 1. The molecule has 1 fully saturated rings. The number of rotatable bonds is 13. The first-order valence-corrected chi connectivity index (χ1v) is 99.7. The molecule has 0 bridgehead atoms. The number of benzene rings is 6. The van der Waals surface area contributed by atoms with Gasteiger partial charge in [-0.2, -0.15) is 0 Å². The van der Waals surface area contributed by atoms with E-state index in [9.17, 15) is 0 Å². The molecule has 3 aromatic heterocycles. The number of nitrogens with one attached hydrogen (secondary N) is 1. The zero-order valence-corrected chi connectivity index (χ0v) is 111. The Morgan fingerprint density at radius 1 is 0.509 bits per heavy atom. The van der Waals surface area contributed by atoms with E-state index in [2.05, 4.69) is 372 Å². The zero-order valence-electron chi connectivity index (χ0n) is 66.1. The van der Waals surface area contributed by atoms with Gasteiger partial charge in [0.15, 0.2) is 16.6 Å². The monoisotopic (exact) mass is 3690 g/mol. The minimum atomic E-state index is -1.65. The molecule has 0 saturated carbocycles. The molecule has 1 N–H and O–H groups in total. The Kier molecular flexibility index (Phi) is 91.6. The van der Waals surface area contributed by atoms with Gasteiger partial charge in [0.05, 0.1) is 59.4 Å². The Morgan fingerprint density at radius 3 is 1.13 bits per heavy atom. The Labute approximate surface area is 872 Å². The van der Waals surface area contributed by atoms with Crippen LogP contribution in [0.15, 0.2) is 170 Å². The Morgan fingerprint density at radius 2 is 0.815 bits per heavy atom. The minimum Gasteiger partial charge on any atom is 0 e. The van der Waals surface area contributed by atoms with Crippen molar-refractivity contribution in [1.29, 1.82) is 1.34 Å². The van der Waals surface area contributed by atoms with Crippen molar-refractivity contribution in [2.24, 2.45) is 0 Å². The van der Waals surface area contributed by atoms with Gasteiger partial charge < -0.3 is 52.6 Å². The van der Waals surface area contributed by atoms with Gasteiger partial charge in [0.1, 0.15) is 32.1 Å². The number of hydrogen-bond acceptors (Lipinski definition) is 14. The molecule has 1 saturated heterocycles. The maximum absolute atomic E-state index is 7.68. The Balaban J connectivity index is -0.000000189. The van der Waals surface area contributed by atoms with E-state index in [1.165, 1.54) is 6.20 Å². The molecular formula is C68H99BCl2I13N9O5Si3V4W3-4. The summed E-state index contributed by atoms with van der Waals surface area (Å²) in [5.41, 5.74) is 10.1. The van der Waals surface area contributed by atoms with Crippen molar-refractivity contribution in [2.75, 3.05) is 28.6 Å². The number of halogens is 15. The molecule has 0 radical (unpaired) electrons. The fraction of sp³-hybridized carbons (Fsp3) is 0.338. The van der Waals surface area contributed by atoms with Gasteiger partial charge in [-0.05, 0) is 178 Å². The topological polar surface area (TPSA) is 142 Å². The van der Waals surface area contributed by atoms with Gasteiger partial charge >= 0.3 is 287 Å². The van der Waals surface area contributed by atoms with Crippen LogP contribution in [-0.4, -0.2) is 88.5 Å². The van der Waals surface area contributed by atoms with Crippen LogP contribution in [0.4, 0.5) is 34.1 Å². The molecule has 40 heteroatoms. The summed E-state index contributed by atoms with van der Waals surface area (Å²) in [7, 11) is -0.771. The maximum Gasteiger partial charge on any atom is 0 e. The van der Waals surface area contributed by atoms with Crippen LogP contribution >= 0.6 is 260 Å². The first kappa shape index (κ1) is 127. The van der Waals surface area contributed by atoms with Crippen molar-refractivity contribution in [3.05, 3.63) is 203 Å². The fourth-order valence-corrected chi connectivity index (χ4v) is 8.16. The van der Waals surface area contributed by atoms with E-state index in [0.29, 0.717) is 61.5 Å². The van der Waals surface area contributed by atoms with Gasteiger partial charge in [-0.25, -0.2) is 17.1 Å². The summed E-state index contributed by atoms with van der Waals surface area (Å²) in [6.45, 7) is 40.1. The van der Waals surface area contributed by atoms with Crippen LogP contribution in [0.2, 0.25) is 69.2 Å². The molecule has 10 rings (SSSR count). The maximum atomic E-state index is 7.68.